The Kier molecular flexibility index (Phi) is 4.38. The number of anilines is 1. The minimum Gasteiger partial charge on any atom is -0.508 e. The molecule has 0 bridgehead atoms. The summed E-state index contributed by atoms with van der Waals surface area (Å²) >= 11 is 0. The lowest BCUT2D eigenvalue weighted by Crippen LogP contribution is -2.37. The molecule has 4 heteroatoms. The van der Waals surface area contributed by atoms with Gasteiger partial charge in [-0.25, -0.2) is 0 Å². The van der Waals surface area contributed by atoms with Crippen LogP contribution in [0.3, 0.4) is 0 Å². The summed E-state index contributed by atoms with van der Waals surface area (Å²) < 4.78 is 0. The molecule has 0 saturated carbocycles. The first kappa shape index (κ1) is 14.1. The summed E-state index contributed by atoms with van der Waals surface area (Å²) in [5, 5.41) is 12.0. The zero-order valence-electron chi connectivity index (χ0n) is 11.3. The number of nitrogens with two attached hydrogens (primary N) is 1. The maximum atomic E-state index is 12.1. The van der Waals surface area contributed by atoms with Crippen molar-refractivity contribution >= 4 is 11.6 Å². The average molecular weight is 270 g/mol. The molecule has 2 aromatic carbocycles. The molecular weight excluding hydrogens is 252 g/mol. The molecule has 0 saturated heterocycles. The van der Waals surface area contributed by atoms with Crippen LogP contribution in [0.25, 0.3) is 0 Å². The minimum atomic E-state index is -0.626. The lowest BCUT2D eigenvalue weighted by Gasteiger charge is -2.13. The van der Waals surface area contributed by atoms with Gasteiger partial charge in [0.1, 0.15) is 5.75 Å². The van der Waals surface area contributed by atoms with Gasteiger partial charge in [0.05, 0.1) is 6.04 Å². The highest BCUT2D eigenvalue weighted by atomic mass is 16.3. The van der Waals surface area contributed by atoms with Crippen LogP contribution in [0.2, 0.25) is 0 Å². The van der Waals surface area contributed by atoms with Crippen LogP contribution in [0.15, 0.2) is 48.5 Å². The molecule has 0 spiro atoms. The summed E-state index contributed by atoms with van der Waals surface area (Å²) in [5.74, 6) is -0.0148. The summed E-state index contributed by atoms with van der Waals surface area (Å²) in [6.07, 6.45) is 0.429. The second kappa shape index (κ2) is 6.21. The molecule has 0 aliphatic carbocycles. The predicted octanol–water partition coefficient (Wildman–Crippen LogP) is 2.21. The molecule has 4 nitrogen and oxygen atoms in total. The molecule has 0 radical (unpaired) electrons. The van der Waals surface area contributed by atoms with E-state index in [0.29, 0.717) is 6.42 Å². The van der Waals surface area contributed by atoms with Crippen LogP contribution < -0.4 is 11.1 Å². The van der Waals surface area contributed by atoms with Crippen LogP contribution in [-0.4, -0.2) is 17.1 Å². The number of carbonyl (C=O) groups excluding carboxylic acids is 1. The Morgan fingerprint density at radius 2 is 1.85 bits per heavy atom. The maximum Gasteiger partial charge on any atom is 0.241 e. The molecule has 1 amide bonds. The molecular formula is C16H18N2O2. The molecule has 0 aliphatic rings. The Balaban J connectivity index is 1.99. The monoisotopic (exact) mass is 270 g/mol. The third-order valence-corrected chi connectivity index (χ3v) is 3.13. The molecule has 0 heterocycles. The molecule has 1 atom stereocenters. The Hall–Kier alpha value is -2.33. The van der Waals surface area contributed by atoms with Crippen LogP contribution >= 0.6 is 0 Å². The van der Waals surface area contributed by atoms with Crippen molar-refractivity contribution < 1.29 is 9.90 Å². The SMILES string of the molecule is Cc1ccccc1NC(=O)C(N)Cc1ccc(O)cc1. The zero-order valence-corrected chi connectivity index (χ0v) is 11.3. The zero-order chi connectivity index (χ0) is 14.5. The molecule has 2 aromatic rings. The van der Waals surface area contributed by atoms with E-state index in [1.807, 2.05) is 31.2 Å². The third kappa shape index (κ3) is 3.59. The number of nitrogens with one attached hydrogen (secondary N) is 1. The van der Waals surface area contributed by atoms with Crippen LogP contribution in [0.1, 0.15) is 11.1 Å². The van der Waals surface area contributed by atoms with Gasteiger partial charge >= 0.3 is 0 Å². The number of hydrogen-bond acceptors (Lipinski definition) is 3. The molecule has 2 rings (SSSR count). The lowest BCUT2D eigenvalue weighted by atomic mass is 10.1. The van der Waals surface area contributed by atoms with E-state index < -0.39 is 6.04 Å². The fraction of sp³-hybridized carbons (Fsp3) is 0.188. The number of phenolic OH excluding ortho intramolecular Hbond substituents is 1. The number of para-hydroxylation sites is 1. The van der Waals surface area contributed by atoms with Gasteiger partial charge in [-0.3, -0.25) is 4.79 Å². The average Bonchev–Trinajstić information content (AvgIpc) is 2.44. The molecule has 20 heavy (non-hydrogen) atoms. The first-order valence-corrected chi connectivity index (χ1v) is 6.46. The fourth-order valence-electron chi connectivity index (χ4n) is 1.92. The number of hydrogen-bond donors (Lipinski definition) is 3. The number of benzene rings is 2. The van der Waals surface area contributed by atoms with E-state index in [-0.39, 0.29) is 11.7 Å². The van der Waals surface area contributed by atoms with Gasteiger partial charge in [0.25, 0.3) is 0 Å². The second-order valence-corrected chi connectivity index (χ2v) is 4.78. The molecule has 4 N–H and O–H groups in total. The summed E-state index contributed by atoms with van der Waals surface area (Å²) in [5.41, 5.74) is 8.60. The molecule has 0 aromatic heterocycles. The van der Waals surface area contributed by atoms with Gasteiger partial charge in [-0.05, 0) is 42.7 Å². The summed E-state index contributed by atoms with van der Waals surface area (Å²) in [6.45, 7) is 1.93. The number of rotatable bonds is 4. The van der Waals surface area contributed by atoms with Crippen LogP contribution in [0.5, 0.6) is 5.75 Å². The van der Waals surface area contributed by atoms with Crippen molar-refractivity contribution in [3.8, 4) is 5.75 Å². The smallest absolute Gasteiger partial charge is 0.241 e. The highest BCUT2D eigenvalue weighted by Crippen LogP contribution is 2.14. The highest BCUT2D eigenvalue weighted by molar-refractivity contribution is 5.95. The van der Waals surface area contributed by atoms with E-state index in [1.165, 1.54) is 0 Å². The second-order valence-electron chi connectivity index (χ2n) is 4.78. The van der Waals surface area contributed by atoms with Crippen molar-refractivity contribution in [1.29, 1.82) is 0 Å². The largest absolute Gasteiger partial charge is 0.508 e. The van der Waals surface area contributed by atoms with Crippen molar-refractivity contribution in [3.05, 3.63) is 59.7 Å². The van der Waals surface area contributed by atoms with Gasteiger partial charge in [-0.1, -0.05) is 30.3 Å². The van der Waals surface area contributed by atoms with E-state index in [9.17, 15) is 9.90 Å². The highest BCUT2D eigenvalue weighted by Gasteiger charge is 2.14. The minimum absolute atomic E-state index is 0.201. The number of aromatic hydroxyl groups is 1. The fourth-order valence-corrected chi connectivity index (χ4v) is 1.92. The van der Waals surface area contributed by atoms with E-state index in [0.717, 1.165) is 16.8 Å². The predicted molar refractivity (Wildman–Crippen MR) is 79.6 cm³/mol. The van der Waals surface area contributed by atoms with Gasteiger partial charge in [0, 0.05) is 5.69 Å². The standard InChI is InChI=1S/C16H18N2O2/c1-11-4-2-3-5-15(11)18-16(20)14(17)10-12-6-8-13(19)9-7-12/h2-9,14,19H,10,17H2,1H3,(H,18,20). The first-order valence-electron chi connectivity index (χ1n) is 6.46. The number of phenols is 1. The van der Waals surface area contributed by atoms with E-state index in [2.05, 4.69) is 5.32 Å². The third-order valence-electron chi connectivity index (χ3n) is 3.13. The Labute approximate surface area is 118 Å². The number of amides is 1. The van der Waals surface area contributed by atoms with Crippen molar-refractivity contribution in [2.75, 3.05) is 5.32 Å². The topological polar surface area (TPSA) is 75.4 Å². The maximum absolute atomic E-state index is 12.1. The Morgan fingerprint density at radius 3 is 2.50 bits per heavy atom. The van der Waals surface area contributed by atoms with E-state index >= 15 is 0 Å². The van der Waals surface area contributed by atoms with E-state index in [1.54, 1.807) is 24.3 Å². The normalized spacial score (nSPS) is 11.9. The summed E-state index contributed by atoms with van der Waals surface area (Å²) in [4.78, 5) is 12.1. The van der Waals surface area contributed by atoms with E-state index in [4.69, 9.17) is 5.73 Å². The van der Waals surface area contributed by atoms with Crippen molar-refractivity contribution in [1.82, 2.24) is 0 Å². The van der Waals surface area contributed by atoms with Gasteiger partial charge < -0.3 is 16.2 Å². The van der Waals surface area contributed by atoms with Gasteiger partial charge in [-0.15, -0.1) is 0 Å². The van der Waals surface area contributed by atoms with Crippen LogP contribution in [0.4, 0.5) is 5.69 Å². The molecule has 104 valence electrons. The van der Waals surface area contributed by atoms with Gasteiger partial charge in [-0.2, -0.15) is 0 Å². The van der Waals surface area contributed by atoms with Crippen LogP contribution in [0, 0.1) is 6.92 Å². The summed E-state index contributed by atoms with van der Waals surface area (Å²) in [7, 11) is 0. The quantitative estimate of drug-likeness (QED) is 0.797. The van der Waals surface area contributed by atoms with Gasteiger partial charge in [0.2, 0.25) is 5.91 Å². The van der Waals surface area contributed by atoms with Crippen LogP contribution in [-0.2, 0) is 11.2 Å². The molecule has 0 fully saturated rings. The van der Waals surface area contributed by atoms with Gasteiger partial charge in [0.15, 0.2) is 0 Å². The Morgan fingerprint density at radius 1 is 1.20 bits per heavy atom. The Bertz CT molecular complexity index is 594. The number of aryl methyl sites for hydroxylation is 1. The first-order chi connectivity index (χ1) is 9.56. The number of carbonyl (C=O) groups is 1. The van der Waals surface area contributed by atoms with Crippen molar-refractivity contribution in [2.24, 2.45) is 5.73 Å². The molecule has 0 aliphatic heterocycles. The lowest BCUT2D eigenvalue weighted by molar-refractivity contribution is -0.117. The van der Waals surface area contributed by atoms with Crippen molar-refractivity contribution in [3.63, 3.8) is 0 Å². The van der Waals surface area contributed by atoms with Crippen molar-refractivity contribution in [2.45, 2.75) is 19.4 Å². The summed E-state index contributed by atoms with van der Waals surface area (Å²) in [6, 6.07) is 13.6. The molecule has 1 unspecified atom stereocenters.